The van der Waals surface area contributed by atoms with Crippen molar-refractivity contribution < 1.29 is 14.3 Å². The molecule has 0 aliphatic heterocycles. The number of nitrogens with zero attached hydrogens (tertiary/aromatic N) is 4. The minimum atomic E-state index is -0.297. The third-order valence-electron chi connectivity index (χ3n) is 4.49. The Balaban J connectivity index is 1.43. The molecule has 0 radical (unpaired) electrons. The van der Waals surface area contributed by atoms with E-state index in [1.54, 1.807) is 18.2 Å². The summed E-state index contributed by atoms with van der Waals surface area (Å²) in [5.41, 5.74) is 8.23. The third-order valence-corrected chi connectivity index (χ3v) is 5.04. The van der Waals surface area contributed by atoms with Gasteiger partial charge in [0.15, 0.2) is 11.0 Å². The maximum absolute atomic E-state index is 11.5. The van der Waals surface area contributed by atoms with Gasteiger partial charge in [-0.25, -0.2) is 4.98 Å². The minimum absolute atomic E-state index is 0.197. The van der Waals surface area contributed by atoms with Crippen LogP contribution in [0.5, 0.6) is 11.6 Å². The summed E-state index contributed by atoms with van der Waals surface area (Å²) in [5.74, 6) is 2.09. The number of nitrogen functional groups attached to an aromatic ring is 1. The number of aromatic amines is 1. The Morgan fingerprint density at radius 2 is 1.94 bits per heavy atom. The highest BCUT2D eigenvalue weighted by atomic mass is 32.2. The van der Waals surface area contributed by atoms with Crippen molar-refractivity contribution in [3.05, 3.63) is 60.2 Å². The molecule has 4 rings (SSSR count). The van der Waals surface area contributed by atoms with Crippen LogP contribution in [0.25, 0.3) is 11.4 Å². The third kappa shape index (κ3) is 5.77. The van der Waals surface area contributed by atoms with Crippen molar-refractivity contribution in [2.45, 2.75) is 11.6 Å². The Labute approximate surface area is 194 Å². The summed E-state index contributed by atoms with van der Waals surface area (Å²) in [6, 6.07) is 16.3. The topological polar surface area (TPSA) is 141 Å². The molecule has 2 heterocycles. The van der Waals surface area contributed by atoms with E-state index >= 15 is 0 Å². The van der Waals surface area contributed by atoms with E-state index in [-0.39, 0.29) is 12.4 Å². The Morgan fingerprint density at radius 3 is 2.70 bits per heavy atom. The number of benzene rings is 2. The van der Waals surface area contributed by atoms with Crippen molar-refractivity contribution in [1.82, 2.24) is 25.1 Å². The number of nitrogens with two attached hydrogens (primary N) is 1. The van der Waals surface area contributed by atoms with Crippen LogP contribution in [-0.4, -0.2) is 44.5 Å². The molecule has 0 aliphatic carbocycles. The number of hydrogen-bond donors (Lipinski definition) is 3. The Morgan fingerprint density at radius 1 is 1.12 bits per heavy atom. The molecule has 2 aromatic carbocycles. The van der Waals surface area contributed by atoms with Gasteiger partial charge in [-0.3, -0.25) is 4.79 Å². The molecule has 10 nitrogen and oxygen atoms in total. The summed E-state index contributed by atoms with van der Waals surface area (Å²) in [6.07, 6.45) is 2.06. The van der Waals surface area contributed by atoms with E-state index in [1.807, 2.05) is 42.7 Å². The van der Waals surface area contributed by atoms with E-state index in [2.05, 4.69) is 30.5 Å². The van der Waals surface area contributed by atoms with Crippen LogP contribution in [0.4, 0.5) is 17.5 Å². The second-order valence-corrected chi connectivity index (χ2v) is 7.62. The van der Waals surface area contributed by atoms with Crippen molar-refractivity contribution >= 4 is 35.2 Å². The zero-order valence-corrected chi connectivity index (χ0v) is 18.7. The second-order valence-electron chi connectivity index (χ2n) is 6.84. The summed E-state index contributed by atoms with van der Waals surface area (Å²) in [6.45, 7) is 0. The first-order valence-electron chi connectivity index (χ1n) is 9.84. The molecular formula is C22H21N7O3S. The normalized spacial score (nSPS) is 10.6. The number of nitrogens with one attached hydrogen (secondary N) is 2. The average Bonchev–Trinajstić information content (AvgIpc) is 3.27. The predicted molar refractivity (Wildman–Crippen MR) is 126 cm³/mol. The van der Waals surface area contributed by atoms with Crippen LogP contribution in [0.15, 0.2) is 59.8 Å². The number of aromatic nitrogens is 5. The van der Waals surface area contributed by atoms with Gasteiger partial charge < -0.3 is 25.5 Å². The molecule has 11 heteroatoms. The number of anilines is 3. The average molecular weight is 464 g/mol. The molecule has 2 aromatic heterocycles. The molecule has 0 amide bonds. The van der Waals surface area contributed by atoms with Crippen LogP contribution in [0, 0.1) is 0 Å². The van der Waals surface area contributed by atoms with Gasteiger partial charge in [0.1, 0.15) is 11.6 Å². The van der Waals surface area contributed by atoms with E-state index < -0.39 is 0 Å². The van der Waals surface area contributed by atoms with Crippen LogP contribution < -0.4 is 15.8 Å². The fraction of sp³-hybridized carbons (Fsp3) is 0.136. The molecule has 168 valence electrons. The zero-order chi connectivity index (χ0) is 23.2. The van der Waals surface area contributed by atoms with Crippen molar-refractivity contribution in [3.63, 3.8) is 0 Å². The van der Waals surface area contributed by atoms with Crippen LogP contribution in [0.1, 0.15) is 5.56 Å². The molecule has 0 atom stereocenters. The maximum Gasteiger partial charge on any atom is 0.309 e. The van der Waals surface area contributed by atoms with E-state index in [0.29, 0.717) is 34.4 Å². The lowest BCUT2D eigenvalue weighted by molar-refractivity contribution is -0.139. The predicted octanol–water partition coefficient (Wildman–Crippen LogP) is 3.82. The number of hydrogen-bond acceptors (Lipinski definition) is 10. The fourth-order valence-corrected chi connectivity index (χ4v) is 3.33. The number of methoxy groups -OCH3 is 1. The van der Waals surface area contributed by atoms with Gasteiger partial charge in [-0.05, 0) is 48.2 Å². The van der Waals surface area contributed by atoms with Crippen molar-refractivity contribution in [2.75, 3.05) is 24.4 Å². The Bertz CT molecular complexity index is 1260. The van der Waals surface area contributed by atoms with Crippen molar-refractivity contribution in [3.8, 4) is 23.0 Å². The zero-order valence-electron chi connectivity index (χ0n) is 17.9. The van der Waals surface area contributed by atoms with E-state index in [9.17, 15) is 4.79 Å². The first-order valence-corrected chi connectivity index (χ1v) is 11.1. The first kappa shape index (κ1) is 22.1. The summed E-state index contributed by atoms with van der Waals surface area (Å²) in [7, 11) is 1.37. The number of carbonyl (C=O) groups excluding carboxylic acids is 1. The lowest BCUT2D eigenvalue weighted by Gasteiger charge is -2.07. The van der Waals surface area contributed by atoms with Gasteiger partial charge in [0.05, 0.1) is 13.5 Å². The van der Waals surface area contributed by atoms with Gasteiger partial charge in [0.2, 0.25) is 11.8 Å². The summed E-state index contributed by atoms with van der Waals surface area (Å²) >= 11 is 1.39. The van der Waals surface area contributed by atoms with Gasteiger partial charge in [-0.1, -0.05) is 23.9 Å². The standard InChI is InChI=1S/C22H21N7O3S/c1-31-19(30)11-13-4-3-5-15(10-13)24-21-27-20(28-29-21)14-6-8-16(9-7-14)32-18-12-17(23)25-22(26-18)33-2/h3-10,12H,11H2,1-2H3,(H2,23,25,26)(H2,24,27,28,29). The number of thioether (sulfide) groups is 1. The summed E-state index contributed by atoms with van der Waals surface area (Å²) < 4.78 is 10.5. The van der Waals surface area contributed by atoms with Crippen molar-refractivity contribution in [2.24, 2.45) is 0 Å². The fourth-order valence-electron chi connectivity index (χ4n) is 2.95. The largest absolute Gasteiger partial charge is 0.469 e. The smallest absolute Gasteiger partial charge is 0.309 e. The second kappa shape index (κ2) is 10.0. The van der Waals surface area contributed by atoms with Gasteiger partial charge >= 0.3 is 5.97 Å². The molecule has 0 unspecified atom stereocenters. The quantitative estimate of drug-likeness (QED) is 0.201. The highest BCUT2D eigenvalue weighted by Crippen LogP contribution is 2.26. The van der Waals surface area contributed by atoms with E-state index in [4.69, 9.17) is 15.2 Å². The van der Waals surface area contributed by atoms with Gasteiger partial charge in [-0.2, -0.15) is 4.98 Å². The lowest BCUT2D eigenvalue weighted by atomic mass is 10.1. The number of ether oxygens (including phenoxy) is 2. The van der Waals surface area contributed by atoms with Crippen LogP contribution in [0.2, 0.25) is 0 Å². The van der Waals surface area contributed by atoms with Gasteiger partial charge in [-0.15, -0.1) is 10.2 Å². The molecular weight excluding hydrogens is 442 g/mol. The Kier molecular flexibility index (Phi) is 6.69. The molecule has 0 bridgehead atoms. The van der Waals surface area contributed by atoms with Crippen LogP contribution in [0.3, 0.4) is 0 Å². The van der Waals surface area contributed by atoms with Crippen molar-refractivity contribution in [1.29, 1.82) is 0 Å². The SMILES string of the molecule is COC(=O)Cc1cccc(Nc2nnc(-c3ccc(Oc4cc(N)nc(SC)n4)cc3)[nH]2)c1. The Hall–Kier alpha value is -4.12. The summed E-state index contributed by atoms with van der Waals surface area (Å²) in [4.78, 5) is 23.0. The highest BCUT2D eigenvalue weighted by molar-refractivity contribution is 7.98. The number of carbonyl (C=O) groups is 1. The number of esters is 1. The minimum Gasteiger partial charge on any atom is -0.469 e. The van der Waals surface area contributed by atoms with Crippen LogP contribution >= 0.6 is 11.8 Å². The monoisotopic (exact) mass is 463 g/mol. The molecule has 0 aliphatic rings. The summed E-state index contributed by atoms with van der Waals surface area (Å²) in [5, 5.41) is 12.0. The first-order chi connectivity index (χ1) is 16.0. The number of rotatable bonds is 8. The van der Waals surface area contributed by atoms with Gasteiger partial charge in [0, 0.05) is 17.3 Å². The maximum atomic E-state index is 11.5. The number of H-pyrrole nitrogens is 1. The molecule has 0 fully saturated rings. The highest BCUT2D eigenvalue weighted by Gasteiger charge is 2.09. The van der Waals surface area contributed by atoms with E-state index in [0.717, 1.165) is 16.8 Å². The molecule has 4 aromatic rings. The van der Waals surface area contributed by atoms with Crippen LogP contribution in [-0.2, 0) is 16.0 Å². The molecule has 0 saturated heterocycles. The molecule has 4 N–H and O–H groups in total. The van der Waals surface area contributed by atoms with Gasteiger partial charge in [0.25, 0.3) is 0 Å². The van der Waals surface area contributed by atoms with E-state index in [1.165, 1.54) is 18.9 Å². The molecule has 33 heavy (non-hydrogen) atoms. The lowest BCUT2D eigenvalue weighted by Crippen LogP contribution is -2.04. The molecule has 0 saturated carbocycles. The molecule has 0 spiro atoms.